The normalized spacial score (nSPS) is 24.1. The number of alkyl halides is 3. The van der Waals surface area contributed by atoms with E-state index < -0.39 is 34.8 Å². The number of hydrogen-bond donors (Lipinski definition) is 2. The van der Waals surface area contributed by atoms with E-state index in [4.69, 9.17) is 0 Å². The van der Waals surface area contributed by atoms with Crippen LogP contribution in [0.5, 0.6) is 11.5 Å². The first kappa shape index (κ1) is 10.7. The van der Waals surface area contributed by atoms with Crippen LogP contribution in [0, 0.1) is 0 Å². The maximum atomic E-state index is 12.6. The Balaban J connectivity index is 2.70. The molecular weight excluding hydrogens is 229 g/mol. The van der Waals surface area contributed by atoms with Crippen LogP contribution < -0.4 is 4.74 Å². The van der Waals surface area contributed by atoms with E-state index in [1.807, 2.05) is 0 Å². The Morgan fingerprint density at radius 2 is 1.94 bits per heavy atom. The van der Waals surface area contributed by atoms with E-state index in [2.05, 4.69) is 4.74 Å². The molecule has 0 aromatic heterocycles. The number of phenolic OH excluding ortho intramolecular Hbond substituents is 1. The summed E-state index contributed by atoms with van der Waals surface area (Å²) in [5, 5.41) is 18.6. The fourth-order valence-electron chi connectivity index (χ4n) is 1.46. The summed E-state index contributed by atoms with van der Waals surface area (Å²) in [5.41, 5.74) is -4.51. The Kier molecular flexibility index (Phi) is 1.94. The Hall–Kier alpha value is -1.76. The summed E-state index contributed by atoms with van der Waals surface area (Å²) in [4.78, 5) is 11.0. The maximum absolute atomic E-state index is 12.6. The summed E-state index contributed by atoms with van der Waals surface area (Å²) >= 11 is 0. The summed E-state index contributed by atoms with van der Waals surface area (Å²) in [7, 11) is 0. The van der Waals surface area contributed by atoms with Crippen LogP contribution in [0.15, 0.2) is 18.2 Å². The molecule has 0 amide bonds. The SMILES string of the molecule is O=C1Oc2c(O)cccc2[C@]1(O)C(F)(F)F. The fraction of sp³-hybridized carbons (Fsp3) is 0.222. The number of aromatic hydroxyl groups is 1. The van der Waals surface area contributed by atoms with Gasteiger partial charge >= 0.3 is 12.1 Å². The molecule has 0 unspecified atom stereocenters. The highest BCUT2D eigenvalue weighted by molar-refractivity contribution is 5.90. The predicted octanol–water partition coefficient (Wildman–Crippen LogP) is 1.06. The number of aliphatic hydroxyl groups is 1. The number of benzene rings is 1. The molecule has 2 rings (SSSR count). The minimum atomic E-state index is -5.21. The second-order valence-corrected chi connectivity index (χ2v) is 3.25. The third-order valence-electron chi connectivity index (χ3n) is 2.28. The smallest absolute Gasteiger partial charge is 0.432 e. The molecule has 7 heteroatoms. The highest BCUT2D eigenvalue weighted by Crippen LogP contribution is 2.50. The van der Waals surface area contributed by atoms with Crippen LogP contribution in [-0.4, -0.2) is 22.4 Å². The van der Waals surface area contributed by atoms with E-state index in [0.29, 0.717) is 0 Å². The number of fused-ring (bicyclic) bond motifs is 1. The molecule has 16 heavy (non-hydrogen) atoms. The van der Waals surface area contributed by atoms with Gasteiger partial charge in [0.25, 0.3) is 5.60 Å². The molecule has 0 fully saturated rings. The standard InChI is InChI=1S/C9H5F3O4/c10-9(11,12)8(15)4-2-1-3-5(13)6(4)16-7(8)14/h1-3,13,15H/t8-/m1/s1. The maximum Gasteiger partial charge on any atom is 0.432 e. The van der Waals surface area contributed by atoms with E-state index in [1.165, 1.54) is 0 Å². The monoisotopic (exact) mass is 234 g/mol. The minimum absolute atomic E-state index is 0.633. The van der Waals surface area contributed by atoms with Crippen LogP contribution in [0.4, 0.5) is 13.2 Å². The van der Waals surface area contributed by atoms with Gasteiger partial charge in [0.15, 0.2) is 11.5 Å². The van der Waals surface area contributed by atoms with Crippen molar-refractivity contribution in [2.75, 3.05) is 0 Å². The summed E-state index contributed by atoms with van der Waals surface area (Å²) in [6, 6.07) is 2.99. The predicted molar refractivity (Wildman–Crippen MR) is 43.7 cm³/mol. The number of esters is 1. The molecule has 1 aromatic carbocycles. The lowest BCUT2D eigenvalue weighted by Gasteiger charge is -2.21. The van der Waals surface area contributed by atoms with Gasteiger partial charge in [-0.05, 0) is 6.07 Å². The van der Waals surface area contributed by atoms with Crippen LogP contribution in [0.1, 0.15) is 5.56 Å². The third kappa shape index (κ3) is 1.12. The van der Waals surface area contributed by atoms with E-state index >= 15 is 0 Å². The molecule has 2 N–H and O–H groups in total. The number of phenols is 1. The quantitative estimate of drug-likeness (QED) is 0.520. The van der Waals surface area contributed by atoms with Gasteiger partial charge < -0.3 is 14.9 Å². The third-order valence-corrected chi connectivity index (χ3v) is 2.28. The molecule has 0 saturated heterocycles. The molecule has 0 saturated carbocycles. The molecule has 0 bridgehead atoms. The van der Waals surface area contributed by atoms with Gasteiger partial charge in [-0.15, -0.1) is 0 Å². The zero-order valence-corrected chi connectivity index (χ0v) is 7.58. The largest absolute Gasteiger partial charge is 0.504 e. The van der Waals surface area contributed by atoms with Gasteiger partial charge in [0.1, 0.15) is 0 Å². The molecule has 86 valence electrons. The number of carbonyl (C=O) groups is 1. The van der Waals surface area contributed by atoms with Crippen LogP contribution >= 0.6 is 0 Å². The Labute approximate surface area is 86.9 Å². The van der Waals surface area contributed by atoms with Crippen molar-refractivity contribution in [1.82, 2.24) is 0 Å². The van der Waals surface area contributed by atoms with Crippen molar-refractivity contribution in [3.05, 3.63) is 23.8 Å². The first-order valence-corrected chi connectivity index (χ1v) is 4.12. The second kappa shape index (κ2) is 2.88. The van der Waals surface area contributed by atoms with Gasteiger partial charge in [-0.2, -0.15) is 13.2 Å². The highest BCUT2D eigenvalue weighted by atomic mass is 19.4. The topological polar surface area (TPSA) is 66.8 Å². The van der Waals surface area contributed by atoms with Crippen molar-refractivity contribution >= 4 is 5.97 Å². The molecular formula is C9H5F3O4. The van der Waals surface area contributed by atoms with E-state index in [1.54, 1.807) is 0 Å². The number of rotatable bonds is 0. The molecule has 1 aliphatic rings. The number of carbonyl (C=O) groups excluding carboxylic acids is 1. The number of para-hydroxylation sites is 1. The minimum Gasteiger partial charge on any atom is -0.504 e. The van der Waals surface area contributed by atoms with Gasteiger partial charge in [0, 0.05) is 0 Å². The van der Waals surface area contributed by atoms with E-state index in [-0.39, 0.29) is 0 Å². The fourth-order valence-corrected chi connectivity index (χ4v) is 1.46. The van der Waals surface area contributed by atoms with Crippen LogP contribution in [0.2, 0.25) is 0 Å². The summed E-state index contributed by atoms with van der Waals surface area (Å²) in [6.07, 6.45) is -5.21. The first-order chi connectivity index (χ1) is 7.28. The second-order valence-electron chi connectivity index (χ2n) is 3.25. The lowest BCUT2D eigenvalue weighted by Crippen LogP contribution is -2.47. The van der Waals surface area contributed by atoms with Crippen LogP contribution in [-0.2, 0) is 10.4 Å². The van der Waals surface area contributed by atoms with Crippen molar-refractivity contribution < 1.29 is 32.9 Å². The lowest BCUT2D eigenvalue weighted by molar-refractivity contribution is -0.258. The van der Waals surface area contributed by atoms with Gasteiger partial charge in [-0.3, -0.25) is 0 Å². The zero-order chi connectivity index (χ0) is 12.1. The summed E-state index contributed by atoms with van der Waals surface area (Å²) in [6.45, 7) is 0. The number of halogens is 3. The van der Waals surface area contributed by atoms with Gasteiger partial charge in [0.05, 0.1) is 5.56 Å². The molecule has 4 nitrogen and oxygen atoms in total. The zero-order valence-electron chi connectivity index (χ0n) is 7.58. The van der Waals surface area contributed by atoms with E-state index in [9.17, 15) is 28.2 Å². The average Bonchev–Trinajstić information content (AvgIpc) is 2.43. The Morgan fingerprint density at radius 1 is 1.31 bits per heavy atom. The van der Waals surface area contributed by atoms with Crippen molar-refractivity contribution in [2.24, 2.45) is 0 Å². The van der Waals surface area contributed by atoms with Crippen molar-refractivity contribution in [2.45, 2.75) is 11.8 Å². The molecule has 1 aromatic rings. The highest BCUT2D eigenvalue weighted by Gasteiger charge is 2.66. The van der Waals surface area contributed by atoms with Crippen LogP contribution in [0.3, 0.4) is 0 Å². The molecule has 0 aliphatic carbocycles. The van der Waals surface area contributed by atoms with Gasteiger partial charge in [0.2, 0.25) is 0 Å². The molecule has 0 spiro atoms. The average molecular weight is 234 g/mol. The molecule has 1 heterocycles. The summed E-state index contributed by atoms with van der Waals surface area (Å²) in [5.74, 6) is -3.16. The first-order valence-electron chi connectivity index (χ1n) is 4.12. The van der Waals surface area contributed by atoms with Crippen LogP contribution in [0.25, 0.3) is 0 Å². The molecule has 1 atom stereocenters. The van der Waals surface area contributed by atoms with Crippen molar-refractivity contribution in [1.29, 1.82) is 0 Å². The van der Waals surface area contributed by atoms with Gasteiger partial charge in [-0.25, -0.2) is 4.79 Å². The number of ether oxygens (including phenoxy) is 1. The lowest BCUT2D eigenvalue weighted by atomic mass is 9.94. The van der Waals surface area contributed by atoms with Gasteiger partial charge in [-0.1, -0.05) is 12.1 Å². The molecule has 0 radical (unpaired) electrons. The molecule has 1 aliphatic heterocycles. The van der Waals surface area contributed by atoms with Crippen molar-refractivity contribution in [3.8, 4) is 11.5 Å². The Morgan fingerprint density at radius 3 is 2.50 bits per heavy atom. The van der Waals surface area contributed by atoms with E-state index in [0.717, 1.165) is 18.2 Å². The van der Waals surface area contributed by atoms with Crippen molar-refractivity contribution in [3.63, 3.8) is 0 Å². The number of hydrogen-bond acceptors (Lipinski definition) is 4. The Bertz CT molecular complexity index is 468. The summed E-state index contributed by atoms with van der Waals surface area (Å²) < 4.78 is 41.9.